The molecule has 3 N–H and O–H groups in total. The minimum absolute atomic E-state index is 0.0411. The molecule has 0 aliphatic heterocycles. The Balaban J connectivity index is 0.000000289. The van der Waals surface area contributed by atoms with Crippen LogP contribution in [0.15, 0.2) is 53.0 Å². The fourth-order valence-electron chi connectivity index (χ4n) is 2.09. The Morgan fingerprint density at radius 3 is 2.27 bits per heavy atom. The van der Waals surface area contributed by atoms with Gasteiger partial charge in [-0.1, -0.05) is 59.6 Å². The molecule has 0 bridgehead atoms. The molecule has 0 heterocycles. The van der Waals surface area contributed by atoms with Gasteiger partial charge in [-0.2, -0.15) is 8.78 Å². The van der Waals surface area contributed by atoms with Crippen molar-refractivity contribution in [1.82, 2.24) is 5.32 Å². The average molecular weight is 448 g/mol. The first-order valence-corrected chi connectivity index (χ1v) is 9.89. The zero-order valence-electron chi connectivity index (χ0n) is 14.4. The van der Waals surface area contributed by atoms with Gasteiger partial charge >= 0.3 is 5.66 Å². The third-order valence-electron chi connectivity index (χ3n) is 3.41. The molecular formula is C18H21BrF2NO3P. The highest BCUT2D eigenvalue weighted by Gasteiger charge is 2.42. The van der Waals surface area contributed by atoms with Gasteiger partial charge in [0, 0.05) is 22.6 Å². The van der Waals surface area contributed by atoms with E-state index in [2.05, 4.69) is 21.2 Å². The standard InChI is InChI=1S/C10H12BrF2O2P.C8H9NO/c1-2-3-7-4-5-8(9(11)6-7)10(12,13)16(14)15;1-9-8(10)7-5-3-2-4-6-7/h4-6,14-15H,2-3H2,1H3;2-6H,1H3,(H,9,10). The molecule has 0 aliphatic rings. The molecule has 8 heteroatoms. The van der Waals surface area contributed by atoms with Crippen LogP contribution in [0.2, 0.25) is 0 Å². The van der Waals surface area contributed by atoms with Crippen LogP contribution in [0.1, 0.15) is 34.8 Å². The molecule has 2 aromatic carbocycles. The van der Waals surface area contributed by atoms with Gasteiger partial charge in [-0.25, -0.2) is 0 Å². The van der Waals surface area contributed by atoms with E-state index in [-0.39, 0.29) is 15.9 Å². The summed E-state index contributed by atoms with van der Waals surface area (Å²) in [5.41, 5.74) is -2.35. The molecular weight excluding hydrogens is 427 g/mol. The van der Waals surface area contributed by atoms with Gasteiger partial charge in [0.15, 0.2) is 0 Å². The maximum atomic E-state index is 13.4. The van der Waals surface area contributed by atoms with Crippen molar-refractivity contribution in [2.45, 2.75) is 25.4 Å². The molecule has 0 saturated carbocycles. The van der Waals surface area contributed by atoms with Gasteiger partial charge in [-0.15, -0.1) is 0 Å². The quantitative estimate of drug-likeness (QED) is 0.576. The molecule has 2 aromatic rings. The lowest BCUT2D eigenvalue weighted by molar-refractivity contribution is 0.0724. The van der Waals surface area contributed by atoms with Crippen molar-refractivity contribution in [2.75, 3.05) is 7.05 Å². The monoisotopic (exact) mass is 447 g/mol. The Morgan fingerprint density at radius 2 is 1.81 bits per heavy atom. The van der Waals surface area contributed by atoms with Crippen LogP contribution in [0.5, 0.6) is 0 Å². The molecule has 26 heavy (non-hydrogen) atoms. The zero-order chi connectivity index (χ0) is 19.7. The van der Waals surface area contributed by atoms with E-state index in [0.29, 0.717) is 5.56 Å². The van der Waals surface area contributed by atoms with Crippen molar-refractivity contribution in [1.29, 1.82) is 0 Å². The Hall–Kier alpha value is -1.40. The fraction of sp³-hybridized carbons (Fsp3) is 0.278. The highest BCUT2D eigenvalue weighted by atomic mass is 79.9. The molecule has 0 spiro atoms. The van der Waals surface area contributed by atoms with Crippen LogP contribution >= 0.6 is 24.3 Å². The SMILES string of the molecule is CCCc1ccc(C(F)(F)P(O)O)c(Br)c1.CNC(=O)c1ccccc1. The summed E-state index contributed by atoms with van der Waals surface area (Å²) in [6.45, 7) is 2.00. The van der Waals surface area contributed by atoms with Crippen LogP contribution < -0.4 is 5.32 Å². The highest BCUT2D eigenvalue weighted by molar-refractivity contribution is 9.10. The van der Waals surface area contributed by atoms with E-state index >= 15 is 0 Å². The molecule has 0 fully saturated rings. The highest BCUT2D eigenvalue weighted by Crippen LogP contribution is 2.54. The summed E-state index contributed by atoms with van der Waals surface area (Å²) in [5, 5.41) is 2.54. The molecule has 0 atom stereocenters. The third kappa shape index (κ3) is 6.40. The molecule has 0 radical (unpaired) electrons. The number of halogens is 3. The topological polar surface area (TPSA) is 69.6 Å². The molecule has 0 aromatic heterocycles. The van der Waals surface area contributed by atoms with E-state index in [4.69, 9.17) is 9.79 Å². The second kappa shape index (κ2) is 10.7. The summed E-state index contributed by atoms with van der Waals surface area (Å²) in [7, 11) is -1.70. The lowest BCUT2D eigenvalue weighted by Crippen LogP contribution is -2.17. The Bertz CT molecular complexity index is 715. The van der Waals surface area contributed by atoms with Crippen molar-refractivity contribution >= 4 is 30.2 Å². The lowest BCUT2D eigenvalue weighted by Gasteiger charge is -2.19. The normalized spacial score (nSPS) is 10.9. The minimum Gasteiger partial charge on any atom is -0.355 e. The second-order valence-corrected chi connectivity index (χ2v) is 7.33. The van der Waals surface area contributed by atoms with Crippen LogP contribution in [0.4, 0.5) is 8.78 Å². The Morgan fingerprint density at radius 1 is 1.19 bits per heavy atom. The van der Waals surface area contributed by atoms with Crippen LogP contribution in [0, 0.1) is 0 Å². The number of nitrogens with one attached hydrogen (secondary N) is 1. The van der Waals surface area contributed by atoms with Gasteiger partial charge in [0.25, 0.3) is 5.91 Å². The van der Waals surface area contributed by atoms with E-state index in [1.54, 1.807) is 31.3 Å². The first-order valence-electron chi connectivity index (χ1n) is 7.85. The number of carbonyl (C=O) groups excluding carboxylic acids is 1. The summed E-state index contributed by atoms with van der Waals surface area (Å²) in [4.78, 5) is 28.3. The largest absolute Gasteiger partial charge is 0.355 e. The van der Waals surface area contributed by atoms with Gasteiger partial charge in [-0.3, -0.25) is 4.79 Å². The number of aryl methyl sites for hydroxylation is 1. The molecule has 142 valence electrons. The maximum absolute atomic E-state index is 13.4. The number of alkyl halides is 2. The van der Waals surface area contributed by atoms with Crippen molar-refractivity contribution in [3.8, 4) is 0 Å². The average Bonchev–Trinajstić information content (AvgIpc) is 2.62. The predicted molar refractivity (Wildman–Crippen MR) is 103 cm³/mol. The van der Waals surface area contributed by atoms with E-state index in [1.165, 1.54) is 6.07 Å². The lowest BCUT2D eigenvalue weighted by atomic mass is 10.1. The van der Waals surface area contributed by atoms with E-state index in [1.807, 2.05) is 25.1 Å². The molecule has 4 nitrogen and oxygen atoms in total. The van der Waals surface area contributed by atoms with Crippen LogP contribution in [0.25, 0.3) is 0 Å². The number of rotatable bonds is 5. The number of benzene rings is 2. The number of amides is 1. The minimum atomic E-state index is -3.60. The van der Waals surface area contributed by atoms with Crippen molar-refractivity contribution in [2.24, 2.45) is 0 Å². The van der Waals surface area contributed by atoms with Crippen molar-refractivity contribution in [3.05, 3.63) is 69.7 Å². The van der Waals surface area contributed by atoms with Gasteiger partial charge < -0.3 is 15.1 Å². The van der Waals surface area contributed by atoms with Crippen LogP contribution in [-0.2, 0) is 12.1 Å². The number of hydrogen-bond donors (Lipinski definition) is 3. The van der Waals surface area contributed by atoms with Gasteiger partial charge in [0.05, 0.1) is 0 Å². The summed E-state index contributed by atoms with van der Waals surface area (Å²) in [6.07, 6.45) is 1.73. The fourth-order valence-corrected chi connectivity index (χ4v) is 3.33. The van der Waals surface area contributed by atoms with Crippen LogP contribution in [-0.4, -0.2) is 22.7 Å². The second-order valence-electron chi connectivity index (χ2n) is 5.34. The first-order chi connectivity index (χ1) is 12.2. The van der Waals surface area contributed by atoms with Gasteiger partial charge in [0.1, 0.15) is 0 Å². The first kappa shape index (κ1) is 22.6. The predicted octanol–water partition coefficient (Wildman–Crippen LogP) is 4.79. The molecule has 2 rings (SSSR count). The Kier molecular flexibility index (Phi) is 9.30. The zero-order valence-corrected chi connectivity index (χ0v) is 16.9. The summed E-state index contributed by atoms with van der Waals surface area (Å²) < 4.78 is 26.9. The summed E-state index contributed by atoms with van der Waals surface area (Å²) >= 11 is 3.03. The maximum Gasteiger partial charge on any atom is 0.340 e. The summed E-state index contributed by atoms with van der Waals surface area (Å²) in [6, 6.07) is 13.5. The van der Waals surface area contributed by atoms with Crippen molar-refractivity contribution < 1.29 is 23.4 Å². The molecule has 0 aliphatic carbocycles. The Labute approximate surface area is 161 Å². The smallest absolute Gasteiger partial charge is 0.340 e. The third-order valence-corrected chi connectivity index (χ3v) is 4.81. The summed E-state index contributed by atoms with van der Waals surface area (Å²) in [5.74, 6) is -0.0411. The van der Waals surface area contributed by atoms with Crippen molar-refractivity contribution in [3.63, 3.8) is 0 Å². The molecule has 1 amide bonds. The number of hydrogen-bond acceptors (Lipinski definition) is 3. The molecule has 0 saturated heterocycles. The van der Waals surface area contributed by atoms with E-state index < -0.39 is 14.0 Å². The van der Waals surface area contributed by atoms with E-state index in [0.717, 1.165) is 18.4 Å². The van der Waals surface area contributed by atoms with E-state index in [9.17, 15) is 13.6 Å². The van der Waals surface area contributed by atoms with Gasteiger partial charge in [0.2, 0.25) is 8.38 Å². The van der Waals surface area contributed by atoms with Crippen LogP contribution in [0.3, 0.4) is 0 Å². The van der Waals surface area contributed by atoms with Gasteiger partial charge in [-0.05, 0) is 30.2 Å². The molecule has 0 unspecified atom stereocenters. The number of carbonyl (C=O) groups is 1.